The highest BCUT2D eigenvalue weighted by Crippen LogP contribution is 2.08. The van der Waals surface area contributed by atoms with Crippen LogP contribution in [0.25, 0.3) is 0 Å². The van der Waals surface area contributed by atoms with Crippen LogP contribution in [-0.2, 0) is 22.0 Å². The third kappa shape index (κ3) is 5.16. The summed E-state index contributed by atoms with van der Waals surface area (Å²) < 4.78 is 12.1. The largest absolute Gasteiger partial charge is 0.355 e. The van der Waals surface area contributed by atoms with Crippen LogP contribution < -0.4 is 5.32 Å². The number of carbonyl (C=O) groups excluding carboxylic acids is 1. The SMILES string of the molecule is Cc1ccc([S@@](=O)CCNC(=O)Cc2ccccc2)cc1. The van der Waals surface area contributed by atoms with E-state index < -0.39 is 10.8 Å². The van der Waals surface area contributed by atoms with Crippen LogP contribution in [0.4, 0.5) is 0 Å². The molecule has 0 radical (unpaired) electrons. The molecule has 0 unspecified atom stereocenters. The lowest BCUT2D eigenvalue weighted by atomic mass is 10.1. The Morgan fingerprint density at radius 3 is 2.38 bits per heavy atom. The van der Waals surface area contributed by atoms with Crippen molar-refractivity contribution in [2.45, 2.75) is 18.2 Å². The van der Waals surface area contributed by atoms with E-state index in [9.17, 15) is 9.00 Å². The number of nitrogens with one attached hydrogen (secondary N) is 1. The van der Waals surface area contributed by atoms with Gasteiger partial charge in [-0.05, 0) is 24.6 Å². The van der Waals surface area contributed by atoms with Gasteiger partial charge in [0.25, 0.3) is 0 Å². The molecule has 2 aromatic rings. The van der Waals surface area contributed by atoms with Gasteiger partial charge in [0.1, 0.15) is 0 Å². The Bertz CT molecular complexity index is 608. The maximum atomic E-state index is 12.1. The maximum Gasteiger partial charge on any atom is 0.224 e. The predicted molar refractivity (Wildman–Crippen MR) is 85.6 cm³/mol. The van der Waals surface area contributed by atoms with Crippen molar-refractivity contribution in [3.05, 3.63) is 65.7 Å². The second-order valence-electron chi connectivity index (χ2n) is 4.88. The minimum atomic E-state index is -1.07. The number of rotatable bonds is 6. The second kappa shape index (κ2) is 7.74. The minimum Gasteiger partial charge on any atom is -0.355 e. The van der Waals surface area contributed by atoms with Crippen molar-refractivity contribution in [1.29, 1.82) is 0 Å². The van der Waals surface area contributed by atoms with Crippen LogP contribution in [0.1, 0.15) is 11.1 Å². The number of carbonyl (C=O) groups is 1. The van der Waals surface area contributed by atoms with E-state index in [4.69, 9.17) is 0 Å². The molecule has 3 nitrogen and oxygen atoms in total. The molecule has 21 heavy (non-hydrogen) atoms. The smallest absolute Gasteiger partial charge is 0.224 e. The first kappa shape index (κ1) is 15.4. The standard InChI is InChI=1S/C17H19NO2S/c1-14-7-9-16(10-8-14)21(20)12-11-18-17(19)13-15-5-3-2-4-6-15/h2-10H,11-13H2,1H3,(H,18,19)/t21-/m0/s1. The lowest BCUT2D eigenvalue weighted by Crippen LogP contribution is -2.29. The van der Waals surface area contributed by atoms with Gasteiger partial charge in [0.2, 0.25) is 5.91 Å². The number of hydrogen-bond acceptors (Lipinski definition) is 2. The van der Waals surface area contributed by atoms with Gasteiger partial charge in [-0.25, -0.2) is 0 Å². The van der Waals surface area contributed by atoms with E-state index in [2.05, 4.69) is 5.32 Å². The maximum absolute atomic E-state index is 12.1. The molecule has 0 bridgehead atoms. The molecule has 0 heterocycles. The lowest BCUT2D eigenvalue weighted by Gasteiger charge is -2.06. The molecule has 0 aliphatic rings. The van der Waals surface area contributed by atoms with Crippen molar-refractivity contribution in [3.63, 3.8) is 0 Å². The molecule has 2 rings (SSSR count). The lowest BCUT2D eigenvalue weighted by molar-refractivity contribution is -0.120. The third-order valence-corrected chi connectivity index (χ3v) is 4.47. The van der Waals surface area contributed by atoms with E-state index in [-0.39, 0.29) is 5.91 Å². The van der Waals surface area contributed by atoms with Gasteiger partial charge in [0.15, 0.2) is 0 Å². The zero-order valence-electron chi connectivity index (χ0n) is 12.0. The molecule has 0 spiro atoms. The van der Waals surface area contributed by atoms with Gasteiger partial charge in [-0.2, -0.15) is 0 Å². The minimum absolute atomic E-state index is 0.0397. The van der Waals surface area contributed by atoms with Gasteiger partial charge >= 0.3 is 0 Å². The molecule has 0 saturated carbocycles. The highest BCUT2D eigenvalue weighted by Gasteiger charge is 2.06. The van der Waals surface area contributed by atoms with Crippen LogP contribution >= 0.6 is 0 Å². The number of hydrogen-bond donors (Lipinski definition) is 1. The molecule has 1 atom stereocenters. The van der Waals surface area contributed by atoms with Gasteiger partial charge in [0.05, 0.1) is 17.2 Å². The van der Waals surface area contributed by atoms with Gasteiger partial charge in [-0.1, -0.05) is 48.0 Å². The molecule has 4 heteroatoms. The van der Waals surface area contributed by atoms with Gasteiger partial charge in [-0.15, -0.1) is 0 Å². The van der Waals surface area contributed by atoms with Crippen LogP contribution in [0.3, 0.4) is 0 Å². The van der Waals surface area contributed by atoms with Crippen molar-refractivity contribution in [2.24, 2.45) is 0 Å². The molecule has 0 aliphatic carbocycles. The molecule has 110 valence electrons. The van der Waals surface area contributed by atoms with E-state index in [1.807, 2.05) is 61.5 Å². The Hall–Kier alpha value is -1.94. The zero-order chi connectivity index (χ0) is 15.1. The zero-order valence-corrected chi connectivity index (χ0v) is 12.9. The summed E-state index contributed by atoms with van der Waals surface area (Å²) in [5.74, 6) is 0.394. The van der Waals surface area contributed by atoms with Crippen molar-refractivity contribution in [2.75, 3.05) is 12.3 Å². The molecular weight excluding hydrogens is 282 g/mol. The molecule has 2 aromatic carbocycles. The van der Waals surface area contributed by atoms with Crippen LogP contribution in [0, 0.1) is 6.92 Å². The molecule has 0 aromatic heterocycles. The topological polar surface area (TPSA) is 46.2 Å². The van der Waals surface area contributed by atoms with Gasteiger partial charge in [-0.3, -0.25) is 9.00 Å². The van der Waals surface area contributed by atoms with Gasteiger partial charge in [0, 0.05) is 17.2 Å². The summed E-state index contributed by atoms with van der Waals surface area (Å²) in [6, 6.07) is 17.2. The van der Waals surface area contributed by atoms with Crippen molar-refractivity contribution < 1.29 is 9.00 Å². The Balaban J connectivity index is 1.75. The monoisotopic (exact) mass is 301 g/mol. The van der Waals surface area contributed by atoms with Crippen molar-refractivity contribution in [1.82, 2.24) is 5.32 Å². The Kier molecular flexibility index (Phi) is 5.69. The van der Waals surface area contributed by atoms with Crippen LogP contribution in [0.15, 0.2) is 59.5 Å². The van der Waals surface area contributed by atoms with Crippen LogP contribution in [0.2, 0.25) is 0 Å². The fraction of sp³-hybridized carbons (Fsp3) is 0.235. The van der Waals surface area contributed by atoms with Crippen molar-refractivity contribution in [3.8, 4) is 0 Å². The average Bonchev–Trinajstić information content (AvgIpc) is 2.49. The summed E-state index contributed by atoms with van der Waals surface area (Å²) in [6.45, 7) is 2.42. The molecule has 0 saturated heterocycles. The molecule has 1 amide bonds. The average molecular weight is 301 g/mol. The quantitative estimate of drug-likeness (QED) is 0.891. The first-order valence-electron chi connectivity index (χ1n) is 6.91. The number of benzene rings is 2. The molecule has 1 N–H and O–H groups in total. The first-order valence-corrected chi connectivity index (χ1v) is 8.23. The Morgan fingerprint density at radius 1 is 1.05 bits per heavy atom. The highest BCUT2D eigenvalue weighted by molar-refractivity contribution is 7.85. The summed E-state index contributed by atoms with van der Waals surface area (Å²) >= 11 is 0. The summed E-state index contributed by atoms with van der Waals surface area (Å²) in [5, 5.41) is 2.81. The normalized spacial score (nSPS) is 11.9. The number of amides is 1. The van der Waals surface area contributed by atoms with E-state index >= 15 is 0 Å². The van der Waals surface area contributed by atoms with E-state index in [1.54, 1.807) is 0 Å². The summed E-state index contributed by atoms with van der Waals surface area (Å²) in [4.78, 5) is 12.6. The fourth-order valence-corrected chi connectivity index (χ4v) is 2.90. The number of aryl methyl sites for hydroxylation is 1. The van der Waals surface area contributed by atoms with Crippen molar-refractivity contribution >= 4 is 16.7 Å². The summed E-state index contributed by atoms with van der Waals surface area (Å²) in [5.41, 5.74) is 2.13. The third-order valence-electron chi connectivity index (χ3n) is 3.10. The molecule has 0 aliphatic heterocycles. The Labute approximate surface area is 127 Å². The van der Waals surface area contributed by atoms with E-state index in [0.29, 0.717) is 18.7 Å². The van der Waals surface area contributed by atoms with E-state index in [1.165, 1.54) is 0 Å². The highest BCUT2D eigenvalue weighted by atomic mass is 32.2. The second-order valence-corrected chi connectivity index (χ2v) is 6.45. The Morgan fingerprint density at radius 2 is 1.71 bits per heavy atom. The molecule has 0 fully saturated rings. The summed E-state index contributed by atoms with van der Waals surface area (Å²) in [7, 11) is -1.07. The van der Waals surface area contributed by atoms with Crippen LogP contribution in [-0.4, -0.2) is 22.4 Å². The first-order chi connectivity index (χ1) is 10.1. The molecular formula is C17H19NO2S. The van der Waals surface area contributed by atoms with E-state index in [0.717, 1.165) is 16.0 Å². The summed E-state index contributed by atoms with van der Waals surface area (Å²) in [6.07, 6.45) is 0.359. The fourth-order valence-electron chi connectivity index (χ4n) is 1.93. The van der Waals surface area contributed by atoms with Crippen LogP contribution in [0.5, 0.6) is 0 Å². The van der Waals surface area contributed by atoms with Gasteiger partial charge < -0.3 is 5.32 Å². The predicted octanol–water partition coefficient (Wildman–Crippen LogP) is 2.46.